The molecule has 0 saturated carbocycles. The van der Waals surface area contributed by atoms with Gasteiger partial charge in [0.2, 0.25) is 0 Å². The SMILES string of the molecule is Cc1ccccc1SCC(O)c1ccc(Cl)cc1F. The van der Waals surface area contributed by atoms with Crippen molar-refractivity contribution < 1.29 is 9.50 Å². The molecule has 0 aliphatic heterocycles. The Morgan fingerprint density at radius 3 is 2.68 bits per heavy atom. The minimum Gasteiger partial charge on any atom is -0.387 e. The second-order valence-electron chi connectivity index (χ2n) is 4.26. The van der Waals surface area contributed by atoms with Gasteiger partial charge >= 0.3 is 0 Å². The number of benzene rings is 2. The number of hydrogen-bond donors (Lipinski definition) is 1. The highest BCUT2D eigenvalue weighted by Crippen LogP contribution is 2.28. The quantitative estimate of drug-likeness (QED) is 0.831. The Morgan fingerprint density at radius 1 is 1.26 bits per heavy atom. The van der Waals surface area contributed by atoms with Gasteiger partial charge in [-0.3, -0.25) is 0 Å². The largest absolute Gasteiger partial charge is 0.387 e. The molecule has 0 saturated heterocycles. The summed E-state index contributed by atoms with van der Waals surface area (Å²) in [6.45, 7) is 2.01. The van der Waals surface area contributed by atoms with Crippen LogP contribution in [-0.2, 0) is 0 Å². The maximum absolute atomic E-state index is 13.7. The van der Waals surface area contributed by atoms with Gasteiger partial charge in [-0.05, 0) is 30.7 Å². The molecule has 1 nitrogen and oxygen atoms in total. The lowest BCUT2D eigenvalue weighted by Crippen LogP contribution is -2.03. The first-order valence-electron chi connectivity index (χ1n) is 5.89. The summed E-state index contributed by atoms with van der Waals surface area (Å²) in [5, 5.41) is 10.4. The molecule has 1 atom stereocenters. The Labute approximate surface area is 121 Å². The van der Waals surface area contributed by atoms with Gasteiger partial charge in [0.05, 0.1) is 6.10 Å². The zero-order chi connectivity index (χ0) is 13.8. The van der Waals surface area contributed by atoms with Crippen LogP contribution >= 0.6 is 23.4 Å². The summed E-state index contributed by atoms with van der Waals surface area (Å²) in [5.41, 5.74) is 1.43. The number of aliphatic hydroxyl groups excluding tert-OH is 1. The van der Waals surface area contributed by atoms with Crippen LogP contribution < -0.4 is 0 Å². The number of hydrogen-bond acceptors (Lipinski definition) is 2. The monoisotopic (exact) mass is 296 g/mol. The van der Waals surface area contributed by atoms with E-state index in [-0.39, 0.29) is 5.56 Å². The molecule has 0 aromatic heterocycles. The van der Waals surface area contributed by atoms with Crippen molar-refractivity contribution >= 4 is 23.4 Å². The lowest BCUT2D eigenvalue weighted by atomic mass is 10.1. The molecule has 0 bridgehead atoms. The predicted molar refractivity (Wildman–Crippen MR) is 78.3 cm³/mol. The fourth-order valence-corrected chi connectivity index (χ4v) is 2.89. The van der Waals surface area contributed by atoms with Gasteiger partial charge in [-0.2, -0.15) is 0 Å². The standard InChI is InChI=1S/C15H14ClFOS/c1-10-4-2-3-5-15(10)19-9-14(18)12-7-6-11(16)8-13(12)17/h2-8,14,18H,9H2,1H3. The van der Waals surface area contributed by atoms with Gasteiger partial charge in [-0.25, -0.2) is 4.39 Å². The molecule has 1 N–H and O–H groups in total. The van der Waals surface area contributed by atoms with Gasteiger partial charge in [0.15, 0.2) is 0 Å². The normalized spacial score (nSPS) is 12.4. The third-order valence-electron chi connectivity index (χ3n) is 2.81. The van der Waals surface area contributed by atoms with E-state index >= 15 is 0 Å². The zero-order valence-electron chi connectivity index (χ0n) is 10.4. The smallest absolute Gasteiger partial charge is 0.130 e. The van der Waals surface area contributed by atoms with Crippen LogP contribution in [0.25, 0.3) is 0 Å². The van der Waals surface area contributed by atoms with Gasteiger partial charge in [-0.1, -0.05) is 35.9 Å². The van der Waals surface area contributed by atoms with Crippen LogP contribution in [-0.4, -0.2) is 10.9 Å². The molecule has 0 spiro atoms. The highest BCUT2D eigenvalue weighted by molar-refractivity contribution is 7.99. The molecule has 4 heteroatoms. The van der Waals surface area contributed by atoms with E-state index in [1.54, 1.807) is 6.07 Å². The summed E-state index contributed by atoms with van der Waals surface area (Å²) >= 11 is 7.20. The number of rotatable bonds is 4. The topological polar surface area (TPSA) is 20.2 Å². The average Bonchev–Trinajstić information content (AvgIpc) is 2.37. The minimum absolute atomic E-state index is 0.283. The molecule has 0 amide bonds. The molecule has 0 heterocycles. The summed E-state index contributed by atoms with van der Waals surface area (Å²) in [5.74, 6) is -0.0611. The van der Waals surface area contributed by atoms with Crippen molar-refractivity contribution in [2.45, 2.75) is 17.9 Å². The minimum atomic E-state index is -0.845. The molecule has 0 aliphatic carbocycles. The Bertz CT molecular complexity index is 574. The van der Waals surface area contributed by atoms with E-state index < -0.39 is 11.9 Å². The number of aliphatic hydroxyl groups is 1. The number of thioether (sulfide) groups is 1. The molecule has 2 aromatic rings. The van der Waals surface area contributed by atoms with E-state index in [1.807, 2.05) is 31.2 Å². The second kappa shape index (κ2) is 6.42. The van der Waals surface area contributed by atoms with Gasteiger partial charge in [0.25, 0.3) is 0 Å². The summed E-state index contributed by atoms with van der Waals surface area (Å²) in [7, 11) is 0. The van der Waals surface area contributed by atoms with Crippen molar-refractivity contribution in [3.8, 4) is 0 Å². The third kappa shape index (κ3) is 3.72. The summed E-state index contributed by atoms with van der Waals surface area (Å²) in [6.07, 6.45) is -0.845. The summed E-state index contributed by atoms with van der Waals surface area (Å²) in [4.78, 5) is 1.09. The number of halogens is 2. The fraction of sp³-hybridized carbons (Fsp3) is 0.200. The van der Waals surface area contributed by atoms with Crippen molar-refractivity contribution in [1.29, 1.82) is 0 Å². The molecule has 0 radical (unpaired) electrons. The third-order valence-corrected chi connectivity index (χ3v) is 4.30. The lowest BCUT2D eigenvalue weighted by Gasteiger charge is -2.12. The maximum Gasteiger partial charge on any atom is 0.130 e. The maximum atomic E-state index is 13.7. The van der Waals surface area contributed by atoms with Gasteiger partial charge in [-0.15, -0.1) is 11.8 Å². The van der Waals surface area contributed by atoms with Crippen LogP contribution in [0.2, 0.25) is 5.02 Å². The van der Waals surface area contributed by atoms with Crippen LogP contribution in [0.5, 0.6) is 0 Å². The van der Waals surface area contributed by atoms with E-state index in [0.29, 0.717) is 10.8 Å². The van der Waals surface area contributed by atoms with Crippen molar-refractivity contribution in [3.05, 3.63) is 64.4 Å². The highest BCUT2D eigenvalue weighted by atomic mass is 35.5. The van der Waals surface area contributed by atoms with Crippen LogP contribution in [0, 0.1) is 12.7 Å². The highest BCUT2D eigenvalue weighted by Gasteiger charge is 2.13. The van der Waals surface area contributed by atoms with Gasteiger partial charge in [0.1, 0.15) is 5.82 Å². The Hall–Kier alpha value is -1.03. The fourth-order valence-electron chi connectivity index (χ4n) is 1.75. The Balaban J connectivity index is 2.05. The molecule has 2 aromatic carbocycles. The molecule has 0 fully saturated rings. The zero-order valence-corrected chi connectivity index (χ0v) is 12.0. The molecule has 2 rings (SSSR count). The van der Waals surface area contributed by atoms with Crippen molar-refractivity contribution in [2.75, 3.05) is 5.75 Å². The molecular formula is C15H14ClFOS. The van der Waals surface area contributed by atoms with E-state index in [4.69, 9.17) is 11.6 Å². The van der Waals surface area contributed by atoms with Crippen LogP contribution in [0.3, 0.4) is 0 Å². The molecule has 19 heavy (non-hydrogen) atoms. The first-order chi connectivity index (χ1) is 9.08. The van der Waals surface area contributed by atoms with Crippen molar-refractivity contribution in [1.82, 2.24) is 0 Å². The first kappa shape index (κ1) is 14.4. The van der Waals surface area contributed by atoms with Crippen LogP contribution in [0.1, 0.15) is 17.2 Å². The molecule has 0 aliphatic rings. The average molecular weight is 297 g/mol. The second-order valence-corrected chi connectivity index (χ2v) is 5.76. The van der Waals surface area contributed by atoms with Gasteiger partial charge < -0.3 is 5.11 Å². The predicted octanol–water partition coefficient (Wildman–Crippen LogP) is 4.61. The van der Waals surface area contributed by atoms with Crippen LogP contribution in [0.15, 0.2) is 47.4 Å². The number of aryl methyl sites for hydroxylation is 1. The Kier molecular flexibility index (Phi) is 4.86. The van der Waals surface area contributed by atoms with E-state index in [2.05, 4.69) is 0 Å². The molecular weight excluding hydrogens is 283 g/mol. The Morgan fingerprint density at radius 2 is 2.00 bits per heavy atom. The molecule has 1 unspecified atom stereocenters. The summed E-state index contributed by atoms with van der Waals surface area (Å²) < 4.78 is 13.7. The van der Waals surface area contributed by atoms with E-state index in [9.17, 15) is 9.50 Å². The summed E-state index contributed by atoms with van der Waals surface area (Å²) in [6, 6.07) is 12.3. The first-order valence-corrected chi connectivity index (χ1v) is 7.25. The van der Waals surface area contributed by atoms with Crippen molar-refractivity contribution in [2.24, 2.45) is 0 Å². The van der Waals surface area contributed by atoms with E-state index in [0.717, 1.165) is 10.5 Å². The lowest BCUT2D eigenvalue weighted by molar-refractivity contribution is 0.199. The van der Waals surface area contributed by atoms with E-state index in [1.165, 1.54) is 23.9 Å². The van der Waals surface area contributed by atoms with Crippen molar-refractivity contribution in [3.63, 3.8) is 0 Å². The van der Waals surface area contributed by atoms with Crippen LogP contribution in [0.4, 0.5) is 4.39 Å². The molecule has 100 valence electrons. The van der Waals surface area contributed by atoms with Gasteiger partial charge in [0, 0.05) is 21.2 Å².